The van der Waals surface area contributed by atoms with Gasteiger partial charge in [-0.05, 0) is 44.7 Å². The molecule has 1 aromatic heterocycles. The average Bonchev–Trinajstić information content (AvgIpc) is 2.49. The van der Waals surface area contributed by atoms with Crippen molar-refractivity contribution in [2.75, 3.05) is 31.1 Å². The van der Waals surface area contributed by atoms with E-state index in [0.29, 0.717) is 0 Å². The summed E-state index contributed by atoms with van der Waals surface area (Å²) in [6.07, 6.45) is 7.64. The maximum absolute atomic E-state index is 4.51. The zero-order valence-electron chi connectivity index (χ0n) is 12.9. The van der Waals surface area contributed by atoms with Crippen molar-refractivity contribution in [3.8, 4) is 0 Å². The number of hydrogen-bond acceptors (Lipinski definition) is 4. The first-order valence-corrected chi connectivity index (χ1v) is 8.10. The van der Waals surface area contributed by atoms with Crippen LogP contribution in [0, 0.1) is 5.92 Å². The molecule has 0 aromatic carbocycles. The maximum atomic E-state index is 4.51. The van der Waals surface area contributed by atoms with Gasteiger partial charge in [0.25, 0.3) is 0 Å². The van der Waals surface area contributed by atoms with Gasteiger partial charge in [-0.1, -0.05) is 20.3 Å². The van der Waals surface area contributed by atoms with E-state index in [-0.39, 0.29) is 0 Å². The minimum absolute atomic E-state index is 0.799. The number of rotatable bonds is 7. The van der Waals surface area contributed by atoms with E-state index >= 15 is 0 Å². The number of aryl methyl sites for hydroxylation is 1. The first-order chi connectivity index (χ1) is 9.83. The zero-order chi connectivity index (χ0) is 14.2. The third kappa shape index (κ3) is 4.44. The Labute approximate surface area is 123 Å². The smallest absolute Gasteiger partial charge is 0.132 e. The lowest BCUT2D eigenvalue weighted by Crippen LogP contribution is -2.37. The summed E-state index contributed by atoms with van der Waals surface area (Å²) < 4.78 is 0. The summed E-state index contributed by atoms with van der Waals surface area (Å²) in [6, 6.07) is 2.18. The molecule has 0 bridgehead atoms. The molecule has 0 saturated carbocycles. The highest BCUT2D eigenvalue weighted by molar-refractivity contribution is 5.39. The Morgan fingerprint density at radius 2 is 2.00 bits per heavy atom. The fraction of sp³-hybridized carbons (Fsp3) is 0.750. The molecule has 1 saturated heterocycles. The summed E-state index contributed by atoms with van der Waals surface area (Å²) in [6.45, 7) is 8.99. The van der Waals surface area contributed by atoms with E-state index in [1.807, 2.05) is 0 Å². The van der Waals surface area contributed by atoms with Crippen LogP contribution in [0.1, 0.15) is 45.2 Å². The van der Waals surface area contributed by atoms with Crippen LogP contribution in [0.3, 0.4) is 0 Å². The van der Waals surface area contributed by atoms with Crippen molar-refractivity contribution in [3.63, 3.8) is 0 Å². The average molecular weight is 276 g/mol. The summed E-state index contributed by atoms with van der Waals surface area (Å²) >= 11 is 0. The second-order valence-corrected chi connectivity index (χ2v) is 5.76. The van der Waals surface area contributed by atoms with Crippen LogP contribution in [0.2, 0.25) is 0 Å². The molecule has 1 fully saturated rings. The van der Waals surface area contributed by atoms with E-state index in [9.17, 15) is 0 Å². The summed E-state index contributed by atoms with van der Waals surface area (Å²) in [4.78, 5) is 11.3. The van der Waals surface area contributed by atoms with Crippen molar-refractivity contribution in [2.45, 2.75) is 46.0 Å². The highest BCUT2D eigenvalue weighted by Gasteiger charge is 2.18. The molecule has 2 rings (SSSR count). The molecule has 1 aliphatic rings. The monoisotopic (exact) mass is 276 g/mol. The van der Waals surface area contributed by atoms with Crippen LogP contribution < -0.4 is 10.2 Å². The summed E-state index contributed by atoms with van der Waals surface area (Å²) in [5.41, 5.74) is 1.17. The number of nitrogens with zero attached hydrogens (tertiary/aromatic N) is 3. The van der Waals surface area contributed by atoms with Crippen molar-refractivity contribution < 1.29 is 0 Å². The van der Waals surface area contributed by atoms with Gasteiger partial charge >= 0.3 is 0 Å². The minimum atomic E-state index is 0.799. The van der Waals surface area contributed by atoms with Gasteiger partial charge in [0.05, 0.1) is 0 Å². The summed E-state index contributed by atoms with van der Waals surface area (Å²) in [5.74, 6) is 1.91. The number of piperidine rings is 1. The standard InChI is InChI=1S/C16H28N4/c1-3-5-15-11-16(19-13-18-15)20(10-4-2)12-14-6-8-17-9-7-14/h11,13-14,17H,3-10,12H2,1-2H3. The van der Waals surface area contributed by atoms with Crippen LogP contribution in [0.15, 0.2) is 12.4 Å². The molecule has 4 nitrogen and oxygen atoms in total. The number of hydrogen-bond donors (Lipinski definition) is 1. The Hall–Kier alpha value is -1.16. The Morgan fingerprint density at radius 1 is 1.20 bits per heavy atom. The number of aromatic nitrogens is 2. The molecular weight excluding hydrogens is 248 g/mol. The van der Waals surface area contributed by atoms with E-state index in [0.717, 1.165) is 57.2 Å². The Kier molecular flexibility index (Phi) is 6.25. The van der Waals surface area contributed by atoms with Gasteiger partial charge in [-0.3, -0.25) is 0 Å². The largest absolute Gasteiger partial charge is 0.356 e. The number of nitrogens with one attached hydrogen (secondary N) is 1. The predicted octanol–water partition coefficient (Wildman–Crippen LogP) is 2.65. The SMILES string of the molecule is CCCc1cc(N(CCC)CC2CCNCC2)ncn1. The molecule has 0 amide bonds. The van der Waals surface area contributed by atoms with Crippen molar-refractivity contribution in [3.05, 3.63) is 18.1 Å². The lowest BCUT2D eigenvalue weighted by Gasteiger charge is -2.30. The van der Waals surface area contributed by atoms with Gasteiger partial charge < -0.3 is 10.2 Å². The van der Waals surface area contributed by atoms with Crippen LogP contribution in [-0.4, -0.2) is 36.1 Å². The van der Waals surface area contributed by atoms with Crippen LogP contribution in [0.5, 0.6) is 0 Å². The predicted molar refractivity (Wildman–Crippen MR) is 84.1 cm³/mol. The van der Waals surface area contributed by atoms with Gasteiger partial charge in [-0.2, -0.15) is 0 Å². The number of anilines is 1. The first-order valence-electron chi connectivity index (χ1n) is 8.10. The molecule has 0 radical (unpaired) electrons. The van der Waals surface area contributed by atoms with E-state index in [2.05, 4.69) is 40.1 Å². The molecule has 112 valence electrons. The van der Waals surface area contributed by atoms with Crippen LogP contribution in [0.4, 0.5) is 5.82 Å². The Bertz CT molecular complexity index is 388. The fourth-order valence-electron chi connectivity index (χ4n) is 2.90. The fourth-order valence-corrected chi connectivity index (χ4v) is 2.90. The topological polar surface area (TPSA) is 41.0 Å². The quantitative estimate of drug-likeness (QED) is 0.831. The molecule has 0 spiro atoms. The maximum Gasteiger partial charge on any atom is 0.132 e. The molecule has 2 heterocycles. The summed E-state index contributed by atoms with van der Waals surface area (Å²) in [5, 5.41) is 3.44. The van der Waals surface area contributed by atoms with Crippen molar-refractivity contribution in [1.29, 1.82) is 0 Å². The summed E-state index contributed by atoms with van der Waals surface area (Å²) in [7, 11) is 0. The van der Waals surface area contributed by atoms with Gasteiger partial charge in [-0.15, -0.1) is 0 Å². The molecule has 20 heavy (non-hydrogen) atoms. The minimum Gasteiger partial charge on any atom is -0.356 e. The van der Waals surface area contributed by atoms with Gasteiger partial charge in [0.2, 0.25) is 0 Å². The highest BCUT2D eigenvalue weighted by Crippen LogP contribution is 2.19. The van der Waals surface area contributed by atoms with E-state index < -0.39 is 0 Å². The lowest BCUT2D eigenvalue weighted by molar-refractivity contribution is 0.372. The van der Waals surface area contributed by atoms with Crippen LogP contribution in [-0.2, 0) is 6.42 Å². The van der Waals surface area contributed by atoms with Gasteiger partial charge in [-0.25, -0.2) is 9.97 Å². The van der Waals surface area contributed by atoms with Crippen LogP contribution >= 0.6 is 0 Å². The molecule has 1 N–H and O–H groups in total. The third-order valence-electron chi connectivity index (χ3n) is 3.97. The van der Waals surface area contributed by atoms with Gasteiger partial charge in [0.1, 0.15) is 12.1 Å². The van der Waals surface area contributed by atoms with E-state index in [1.165, 1.54) is 18.5 Å². The third-order valence-corrected chi connectivity index (χ3v) is 3.97. The lowest BCUT2D eigenvalue weighted by atomic mass is 9.97. The molecule has 1 aromatic rings. The Balaban J connectivity index is 2.04. The molecular formula is C16H28N4. The molecule has 0 atom stereocenters. The zero-order valence-corrected chi connectivity index (χ0v) is 12.9. The van der Waals surface area contributed by atoms with Crippen molar-refractivity contribution in [2.24, 2.45) is 5.92 Å². The Morgan fingerprint density at radius 3 is 2.70 bits per heavy atom. The molecule has 4 heteroatoms. The molecule has 0 aliphatic carbocycles. The first kappa shape index (κ1) is 15.2. The highest BCUT2D eigenvalue weighted by atomic mass is 15.2. The molecule has 1 aliphatic heterocycles. The van der Waals surface area contributed by atoms with Crippen LogP contribution in [0.25, 0.3) is 0 Å². The second-order valence-electron chi connectivity index (χ2n) is 5.76. The second kappa shape index (κ2) is 8.20. The van der Waals surface area contributed by atoms with E-state index in [4.69, 9.17) is 0 Å². The van der Waals surface area contributed by atoms with Crippen molar-refractivity contribution >= 4 is 5.82 Å². The van der Waals surface area contributed by atoms with Gasteiger partial charge in [0, 0.05) is 24.8 Å². The normalized spacial score (nSPS) is 16.3. The van der Waals surface area contributed by atoms with Crippen molar-refractivity contribution in [1.82, 2.24) is 15.3 Å². The van der Waals surface area contributed by atoms with E-state index in [1.54, 1.807) is 6.33 Å². The van der Waals surface area contributed by atoms with Gasteiger partial charge in [0.15, 0.2) is 0 Å². The molecule has 0 unspecified atom stereocenters.